The van der Waals surface area contributed by atoms with Crippen LogP contribution in [0.5, 0.6) is 0 Å². The molecule has 0 aliphatic carbocycles. The summed E-state index contributed by atoms with van der Waals surface area (Å²) in [5.41, 5.74) is 2.56. The van der Waals surface area contributed by atoms with Gasteiger partial charge in [0.05, 0.1) is 11.5 Å². The molecular formula is C27H29N3O7S. The number of nitrogens with zero attached hydrogens (tertiary/aromatic N) is 3. The van der Waals surface area contributed by atoms with Crippen molar-refractivity contribution in [1.29, 1.82) is 0 Å². The normalized spacial score (nSPS) is 13.8. The Morgan fingerprint density at radius 2 is 1.53 bits per heavy atom. The molecule has 1 aliphatic rings. The molecule has 0 saturated carbocycles. The molecule has 3 aromatic rings. The maximum Gasteiger partial charge on any atom is 0.410 e. The molecule has 1 amide bonds. The zero-order chi connectivity index (χ0) is 27.0. The summed E-state index contributed by atoms with van der Waals surface area (Å²) < 4.78 is 35.2. The molecule has 3 aromatic carbocycles. The van der Waals surface area contributed by atoms with Gasteiger partial charge in [-0.05, 0) is 23.3 Å². The first-order valence-corrected chi connectivity index (χ1v) is 13.8. The highest BCUT2D eigenvalue weighted by atomic mass is 32.2. The van der Waals surface area contributed by atoms with E-state index in [0.717, 1.165) is 11.3 Å². The van der Waals surface area contributed by atoms with E-state index < -0.39 is 15.0 Å². The van der Waals surface area contributed by atoms with Gasteiger partial charge in [-0.25, -0.2) is 4.79 Å². The van der Waals surface area contributed by atoms with Gasteiger partial charge in [-0.15, -0.1) is 0 Å². The monoisotopic (exact) mass is 539 g/mol. The van der Waals surface area contributed by atoms with Crippen molar-refractivity contribution in [3.8, 4) is 0 Å². The lowest BCUT2D eigenvalue weighted by Crippen LogP contribution is -2.49. The van der Waals surface area contributed by atoms with Gasteiger partial charge >= 0.3 is 6.09 Å². The van der Waals surface area contributed by atoms with Crippen molar-refractivity contribution in [2.45, 2.75) is 18.8 Å². The Labute approximate surface area is 221 Å². The van der Waals surface area contributed by atoms with E-state index in [2.05, 4.69) is 0 Å². The number of amides is 1. The zero-order valence-corrected chi connectivity index (χ0v) is 21.6. The van der Waals surface area contributed by atoms with Crippen LogP contribution in [0.3, 0.4) is 0 Å². The summed E-state index contributed by atoms with van der Waals surface area (Å²) in [6.07, 6.45) is -0.323. The van der Waals surface area contributed by atoms with Crippen molar-refractivity contribution in [1.82, 2.24) is 4.90 Å². The van der Waals surface area contributed by atoms with Gasteiger partial charge in [0.15, 0.2) is 0 Å². The van der Waals surface area contributed by atoms with Crippen molar-refractivity contribution in [3.63, 3.8) is 0 Å². The molecule has 4 rings (SSSR count). The van der Waals surface area contributed by atoms with Crippen LogP contribution in [0.1, 0.15) is 16.7 Å². The number of piperazine rings is 1. The first-order valence-electron chi connectivity index (χ1n) is 12.2. The van der Waals surface area contributed by atoms with Crippen molar-refractivity contribution in [3.05, 3.63) is 106 Å². The molecule has 0 N–H and O–H groups in total. The van der Waals surface area contributed by atoms with Gasteiger partial charge in [0.25, 0.3) is 15.8 Å². The lowest BCUT2D eigenvalue weighted by atomic mass is 10.1. The van der Waals surface area contributed by atoms with E-state index in [0.29, 0.717) is 37.3 Å². The third-order valence-electron chi connectivity index (χ3n) is 6.19. The minimum absolute atomic E-state index is 0.0595. The maximum absolute atomic E-state index is 12.5. The molecule has 1 heterocycles. The fourth-order valence-electron chi connectivity index (χ4n) is 4.20. The molecule has 1 aliphatic heterocycles. The number of nitro groups is 1. The summed E-state index contributed by atoms with van der Waals surface area (Å²) in [5.74, 6) is -0.270. The van der Waals surface area contributed by atoms with Crippen LogP contribution in [0.2, 0.25) is 0 Å². The van der Waals surface area contributed by atoms with Gasteiger partial charge in [-0.2, -0.15) is 8.42 Å². The summed E-state index contributed by atoms with van der Waals surface area (Å²) in [4.78, 5) is 27.2. The second-order valence-corrected chi connectivity index (χ2v) is 10.5. The average molecular weight is 540 g/mol. The SMILES string of the molecule is O=C(OCc1ccccc1)N1CCN(c2ccc([N+](=O)[O-])c(CCOS(=O)(=O)Cc3ccccc3)c2)CC1. The molecule has 0 bridgehead atoms. The Hall–Kier alpha value is -3.96. The van der Waals surface area contributed by atoms with E-state index in [1.165, 1.54) is 6.07 Å². The van der Waals surface area contributed by atoms with E-state index in [1.807, 2.05) is 35.2 Å². The number of ether oxygens (including phenoxy) is 1. The van der Waals surface area contributed by atoms with Crippen LogP contribution in [0.15, 0.2) is 78.9 Å². The number of hydrogen-bond acceptors (Lipinski definition) is 8. The Morgan fingerprint density at radius 1 is 0.895 bits per heavy atom. The van der Waals surface area contributed by atoms with Crippen LogP contribution in [0, 0.1) is 10.1 Å². The third kappa shape index (κ3) is 7.53. The van der Waals surface area contributed by atoms with E-state index >= 15 is 0 Å². The molecule has 1 fully saturated rings. The van der Waals surface area contributed by atoms with Gasteiger partial charge in [0.1, 0.15) is 12.4 Å². The summed E-state index contributed by atoms with van der Waals surface area (Å²) in [6, 6.07) is 22.9. The summed E-state index contributed by atoms with van der Waals surface area (Å²) in [6.45, 7) is 1.94. The molecule has 0 atom stereocenters. The fourth-order valence-corrected chi connectivity index (χ4v) is 5.22. The van der Waals surface area contributed by atoms with Crippen molar-refractivity contribution in [2.75, 3.05) is 37.7 Å². The van der Waals surface area contributed by atoms with Crippen molar-refractivity contribution in [2.24, 2.45) is 0 Å². The van der Waals surface area contributed by atoms with E-state index in [4.69, 9.17) is 8.92 Å². The molecular weight excluding hydrogens is 510 g/mol. The summed E-state index contributed by atoms with van der Waals surface area (Å²) >= 11 is 0. The van der Waals surface area contributed by atoms with Crippen LogP contribution in [0.25, 0.3) is 0 Å². The first-order chi connectivity index (χ1) is 18.3. The number of carbonyl (C=O) groups is 1. The van der Waals surface area contributed by atoms with Gasteiger partial charge in [-0.1, -0.05) is 60.7 Å². The largest absolute Gasteiger partial charge is 0.445 e. The minimum Gasteiger partial charge on any atom is -0.445 e. The smallest absolute Gasteiger partial charge is 0.410 e. The Bertz CT molecular complexity index is 1340. The number of rotatable bonds is 10. The lowest BCUT2D eigenvalue weighted by molar-refractivity contribution is -0.385. The van der Waals surface area contributed by atoms with Crippen LogP contribution < -0.4 is 4.90 Å². The molecule has 0 aromatic heterocycles. The highest BCUT2D eigenvalue weighted by molar-refractivity contribution is 7.85. The fraction of sp³-hybridized carbons (Fsp3) is 0.296. The van der Waals surface area contributed by atoms with E-state index in [1.54, 1.807) is 47.4 Å². The first kappa shape index (κ1) is 27.1. The second kappa shape index (κ2) is 12.5. The van der Waals surface area contributed by atoms with E-state index in [9.17, 15) is 23.3 Å². The third-order valence-corrected chi connectivity index (χ3v) is 7.40. The van der Waals surface area contributed by atoms with Crippen LogP contribution >= 0.6 is 0 Å². The Kier molecular flexibility index (Phi) is 8.93. The zero-order valence-electron chi connectivity index (χ0n) is 20.8. The minimum atomic E-state index is -3.83. The van der Waals surface area contributed by atoms with Gasteiger partial charge in [-0.3, -0.25) is 14.3 Å². The van der Waals surface area contributed by atoms with Crippen LogP contribution in [-0.2, 0) is 37.8 Å². The number of nitro benzene ring substituents is 1. The topological polar surface area (TPSA) is 119 Å². The number of anilines is 1. The van der Waals surface area contributed by atoms with Crippen LogP contribution in [0.4, 0.5) is 16.2 Å². The standard InChI is InChI=1S/C27H29N3O7S/c31-27(36-20-22-7-3-1-4-8-22)29-16-14-28(15-17-29)25-11-12-26(30(32)33)24(19-25)13-18-37-38(34,35)21-23-9-5-2-6-10-23/h1-12,19H,13-18,20-21H2. The van der Waals surface area contributed by atoms with Crippen molar-refractivity contribution >= 4 is 27.6 Å². The Balaban J connectivity index is 1.33. The molecule has 10 nitrogen and oxygen atoms in total. The number of hydrogen-bond donors (Lipinski definition) is 0. The quantitative estimate of drug-likeness (QED) is 0.214. The maximum atomic E-state index is 12.5. The predicted octanol–water partition coefficient (Wildman–Crippen LogP) is 4.14. The predicted molar refractivity (Wildman–Crippen MR) is 142 cm³/mol. The second-order valence-electron chi connectivity index (χ2n) is 8.84. The number of carbonyl (C=O) groups excluding carboxylic acids is 1. The lowest BCUT2D eigenvalue weighted by Gasteiger charge is -2.35. The molecule has 0 radical (unpaired) electrons. The average Bonchev–Trinajstić information content (AvgIpc) is 2.92. The summed E-state index contributed by atoms with van der Waals surface area (Å²) in [5, 5.41) is 11.6. The highest BCUT2D eigenvalue weighted by Gasteiger charge is 2.24. The Morgan fingerprint density at radius 3 is 2.16 bits per heavy atom. The van der Waals surface area contributed by atoms with E-state index in [-0.39, 0.29) is 37.2 Å². The molecule has 1 saturated heterocycles. The summed E-state index contributed by atoms with van der Waals surface area (Å²) in [7, 11) is -3.83. The van der Waals surface area contributed by atoms with Gasteiger partial charge in [0, 0.05) is 49.9 Å². The molecule has 0 spiro atoms. The van der Waals surface area contributed by atoms with Crippen molar-refractivity contribution < 1.29 is 27.1 Å². The number of benzene rings is 3. The van der Waals surface area contributed by atoms with Gasteiger partial charge in [0.2, 0.25) is 0 Å². The highest BCUT2D eigenvalue weighted by Crippen LogP contribution is 2.27. The molecule has 0 unspecified atom stereocenters. The molecule has 38 heavy (non-hydrogen) atoms. The molecule has 11 heteroatoms. The molecule has 200 valence electrons. The van der Waals surface area contributed by atoms with Gasteiger partial charge < -0.3 is 14.5 Å². The van der Waals surface area contributed by atoms with Crippen LogP contribution in [-0.4, -0.2) is 57.1 Å².